The summed E-state index contributed by atoms with van der Waals surface area (Å²) in [5.74, 6) is 1.86. The van der Waals surface area contributed by atoms with Crippen molar-refractivity contribution < 1.29 is 24.5 Å². The predicted molar refractivity (Wildman–Crippen MR) is 162 cm³/mol. The van der Waals surface area contributed by atoms with E-state index >= 15 is 0 Å². The third-order valence-corrected chi connectivity index (χ3v) is 7.71. The lowest BCUT2D eigenvalue weighted by Gasteiger charge is -2.34. The molecule has 2 N–H and O–H groups in total. The van der Waals surface area contributed by atoms with E-state index < -0.39 is 6.16 Å². The van der Waals surface area contributed by atoms with Crippen LogP contribution in [0.15, 0.2) is 64.3 Å². The molecule has 1 aliphatic rings. The highest BCUT2D eigenvalue weighted by Gasteiger charge is 2.23. The van der Waals surface area contributed by atoms with Crippen LogP contribution in [0.25, 0.3) is 0 Å². The standard InChI is InChI=1S/C31H38N4O4.CH2O3/c1-23(27-12-9-24(20-32)10-13-27)34(21-25-7-5-4-6-8-25)22-26-11-14-28(29(19-26)38-3)39-18-17-35-30(36)15-16-33(2)31(35)37;2-1(3)4/h9-16,19,23,25H,4-8,17-18,21-22H2,1-3H3;(H2,2,3,4). The zero-order valence-electron chi connectivity index (χ0n) is 24.9. The molecule has 0 saturated heterocycles. The first-order valence-electron chi connectivity index (χ1n) is 14.3. The summed E-state index contributed by atoms with van der Waals surface area (Å²) in [7, 11) is 3.23. The summed E-state index contributed by atoms with van der Waals surface area (Å²) in [5.41, 5.74) is 2.26. The van der Waals surface area contributed by atoms with Crippen LogP contribution in [-0.2, 0) is 20.1 Å². The summed E-state index contributed by atoms with van der Waals surface area (Å²) in [6, 6.07) is 17.6. The van der Waals surface area contributed by atoms with Crippen molar-refractivity contribution in [2.24, 2.45) is 13.0 Å². The Kier molecular flexibility index (Phi) is 12.4. The van der Waals surface area contributed by atoms with E-state index in [0.717, 1.165) is 23.2 Å². The van der Waals surface area contributed by atoms with E-state index in [1.54, 1.807) is 14.2 Å². The Morgan fingerprint density at radius 3 is 2.37 bits per heavy atom. The SMILES string of the molecule is COc1cc(CN(CC2CCCCC2)C(C)c2ccc(C#N)cc2)ccc1OCCn1c(=O)ccn(C)c1=O.O=C(O)O. The van der Waals surface area contributed by atoms with E-state index in [2.05, 4.69) is 30.0 Å². The molecule has 11 heteroatoms. The first-order chi connectivity index (χ1) is 20.6. The number of carboxylic acid groups (broad SMARTS) is 2. The maximum absolute atomic E-state index is 12.3. The number of carbonyl (C=O) groups is 1. The largest absolute Gasteiger partial charge is 0.503 e. The van der Waals surface area contributed by atoms with Gasteiger partial charge in [-0.3, -0.25) is 14.3 Å². The summed E-state index contributed by atoms with van der Waals surface area (Å²) in [5, 5.41) is 23.1. The molecule has 0 bridgehead atoms. The number of methoxy groups -OCH3 is 1. The van der Waals surface area contributed by atoms with Crippen LogP contribution in [0.5, 0.6) is 11.5 Å². The van der Waals surface area contributed by atoms with Gasteiger partial charge in [-0.15, -0.1) is 0 Å². The minimum Gasteiger partial charge on any atom is -0.493 e. The quantitative estimate of drug-likeness (QED) is 0.318. The molecule has 230 valence electrons. The molecule has 1 unspecified atom stereocenters. The number of rotatable bonds is 11. The molecule has 3 aromatic rings. The Morgan fingerprint density at radius 2 is 1.74 bits per heavy atom. The van der Waals surface area contributed by atoms with Crippen molar-refractivity contribution in [1.82, 2.24) is 14.0 Å². The minimum atomic E-state index is -1.83. The molecule has 43 heavy (non-hydrogen) atoms. The number of hydrogen-bond donors (Lipinski definition) is 2. The van der Waals surface area contributed by atoms with Crippen LogP contribution in [0.3, 0.4) is 0 Å². The number of nitrogens with zero attached hydrogens (tertiary/aromatic N) is 4. The maximum Gasteiger partial charge on any atom is 0.503 e. The maximum atomic E-state index is 12.3. The van der Waals surface area contributed by atoms with Gasteiger partial charge in [0.1, 0.15) is 6.61 Å². The minimum absolute atomic E-state index is 0.147. The van der Waals surface area contributed by atoms with Gasteiger partial charge in [-0.1, -0.05) is 37.5 Å². The van der Waals surface area contributed by atoms with Crippen molar-refractivity contribution in [2.45, 2.75) is 58.2 Å². The highest BCUT2D eigenvalue weighted by molar-refractivity contribution is 5.53. The third kappa shape index (κ3) is 9.75. The predicted octanol–water partition coefficient (Wildman–Crippen LogP) is 4.87. The van der Waals surface area contributed by atoms with Gasteiger partial charge < -0.3 is 24.3 Å². The van der Waals surface area contributed by atoms with Crippen LogP contribution >= 0.6 is 0 Å². The zero-order chi connectivity index (χ0) is 31.4. The second kappa shape index (κ2) is 16.2. The molecular weight excluding hydrogens is 552 g/mol. The van der Waals surface area contributed by atoms with Gasteiger partial charge in [0.25, 0.3) is 5.56 Å². The summed E-state index contributed by atoms with van der Waals surface area (Å²) in [6.07, 6.45) is 6.08. The Labute approximate surface area is 251 Å². The first-order valence-corrected chi connectivity index (χ1v) is 14.3. The third-order valence-electron chi connectivity index (χ3n) is 7.71. The smallest absolute Gasteiger partial charge is 0.493 e. The van der Waals surface area contributed by atoms with Crippen molar-refractivity contribution >= 4 is 6.16 Å². The molecular formula is C32H40N4O7. The topological polar surface area (TPSA) is 147 Å². The highest BCUT2D eigenvalue weighted by Crippen LogP contribution is 2.32. The van der Waals surface area contributed by atoms with Crippen molar-refractivity contribution in [1.29, 1.82) is 5.26 Å². The lowest BCUT2D eigenvalue weighted by molar-refractivity contribution is 0.137. The molecule has 2 aromatic carbocycles. The van der Waals surface area contributed by atoms with Crippen LogP contribution in [0.1, 0.15) is 61.8 Å². The molecule has 1 saturated carbocycles. The number of hydrogen-bond acceptors (Lipinski definition) is 7. The van der Waals surface area contributed by atoms with Gasteiger partial charge in [-0.05, 0) is 61.1 Å². The van der Waals surface area contributed by atoms with E-state index in [1.807, 2.05) is 30.3 Å². The van der Waals surface area contributed by atoms with Crippen molar-refractivity contribution in [2.75, 3.05) is 20.3 Å². The van der Waals surface area contributed by atoms with Crippen molar-refractivity contribution in [3.05, 3.63) is 92.3 Å². The molecule has 0 aliphatic heterocycles. The first kappa shape index (κ1) is 32.9. The second-order valence-corrected chi connectivity index (χ2v) is 10.7. The Bertz CT molecular complexity index is 1500. The second-order valence-electron chi connectivity index (χ2n) is 10.7. The molecule has 1 aliphatic carbocycles. The fourth-order valence-corrected chi connectivity index (χ4v) is 5.34. The molecule has 1 aromatic heterocycles. The monoisotopic (exact) mass is 592 g/mol. The Morgan fingerprint density at radius 1 is 1.07 bits per heavy atom. The van der Waals surface area contributed by atoms with Gasteiger partial charge in [0.2, 0.25) is 0 Å². The fraction of sp³-hybridized carbons (Fsp3) is 0.438. The number of nitriles is 1. The average Bonchev–Trinajstić information content (AvgIpc) is 3.01. The van der Waals surface area contributed by atoms with Gasteiger partial charge in [-0.2, -0.15) is 5.26 Å². The summed E-state index contributed by atoms with van der Waals surface area (Å²) < 4.78 is 14.1. The van der Waals surface area contributed by atoms with Gasteiger partial charge in [0.15, 0.2) is 11.5 Å². The summed E-state index contributed by atoms with van der Waals surface area (Å²) in [4.78, 5) is 35.4. The molecule has 1 heterocycles. The molecule has 0 radical (unpaired) electrons. The molecule has 0 spiro atoms. The molecule has 1 atom stereocenters. The number of benzene rings is 2. The van der Waals surface area contributed by atoms with Gasteiger partial charge in [0.05, 0.1) is 25.3 Å². The number of ether oxygens (including phenoxy) is 2. The molecule has 0 amide bonds. The van der Waals surface area contributed by atoms with E-state index in [1.165, 1.54) is 54.5 Å². The number of aromatic nitrogens is 2. The van der Waals surface area contributed by atoms with E-state index in [0.29, 0.717) is 23.0 Å². The average molecular weight is 593 g/mol. The molecule has 11 nitrogen and oxygen atoms in total. The van der Waals surface area contributed by atoms with Crippen LogP contribution < -0.4 is 20.7 Å². The van der Waals surface area contributed by atoms with E-state index in [9.17, 15) is 14.9 Å². The molecule has 1 fully saturated rings. The summed E-state index contributed by atoms with van der Waals surface area (Å²) in [6.45, 7) is 4.31. The fourth-order valence-electron chi connectivity index (χ4n) is 5.34. The Hall–Kier alpha value is -4.56. The lowest BCUT2D eigenvalue weighted by Crippen LogP contribution is -2.39. The highest BCUT2D eigenvalue weighted by atomic mass is 16.6. The van der Waals surface area contributed by atoms with Crippen molar-refractivity contribution in [3.8, 4) is 17.6 Å². The van der Waals surface area contributed by atoms with Gasteiger partial charge >= 0.3 is 11.8 Å². The van der Waals surface area contributed by atoms with Crippen LogP contribution in [0.2, 0.25) is 0 Å². The van der Waals surface area contributed by atoms with Crippen LogP contribution in [-0.4, -0.2) is 50.7 Å². The lowest BCUT2D eigenvalue weighted by atomic mass is 9.88. The Balaban J connectivity index is 0.00000119. The zero-order valence-corrected chi connectivity index (χ0v) is 24.9. The van der Waals surface area contributed by atoms with Gasteiger partial charge in [0, 0.05) is 38.4 Å². The van der Waals surface area contributed by atoms with Gasteiger partial charge in [-0.25, -0.2) is 9.59 Å². The van der Waals surface area contributed by atoms with Crippen molar-refractivity contribution in [3.63, 3.8) is 0 Å². The van der Waals surface area contributed by atoms with E-state index in [-0.39, 0.29) is 30.4 Å². The normalized spacial score (nSPS) is 13.8. The van der Waals surface area contributed by atoms with E-state index in [4.69, 9.17) is 24.5 Å². The van der Waals surface area contributed by atoms with Crippen LogP contribution in [0, 0.1) is 17.2 Å². The number of aryl methyl sites for hydroxylation is 1. The summed E-state index contributed by atoms with van der Waals surface area (Å²) >= 11 is 0. The molecule has 4 rings (SSSR count). The van der Waals surface area contributed by atoms with Crippen LogP contribution in [0.4, 0.5) is 4.79 Å².